The van der Waals surface area contributed by atoms with Crippen molar-refractivity contribution in [1.82, 2.24) is 0 Å². The molecule has 1 aliphatic rings. The van der Waals surface area contributed by atoms with Gasteiger partial charge >= 0.3 is 0 Å². The van der Waals surface area contributed by atoms with Gasteiger partial charge in [-0.15, -0.1) is 0 Å². The Morgan fingerprint density at radius 1 is 1.35 bits per heavy atom. The molecule has 0 aromatic heterocycles. The summed E-state index contributed by atoms with van der Waals surface area (Å²) in [4.78, 5) is 11.7. The summed E-state index contributed by atoms with van der Waals surface area (Å²) in [5, 5.41) is 0. The third kappa shape index (κ3) is 3.32. The highest BCUT2D eigenvalue weighted by Gasteiger charge is 2.21. The standard InChI is InChI=1S/C15H20O2/c1-17-14-7-4-5-12(11-14)9-10-13-6-2-3-8-15(13)16/h4-5,7,11,13H,2-3,6,8-10H2,1H3. The van der Waals surface area contributed by atoms with Crippen LogP contribution in [-0.4, -0.2) is 12.9 Å². The molecule has 0 N–H and O–H groups in total. The SMILES string of the molecule is COc1cccc(CCC2CCCCC2=O)c1. The summed E-state index contributed by atoms with van der Waals surface area (Å²) in [7, 11) is 1.68. The minimum Gasteiger partial charge on any atom is -0.497 e. The van der Waals surface area contributed by atoms with Crippen molar-refractivity contribution in [3.63, 3.8) is 0 Å². The Bertz CT molecular complexity index is 384. The van der Waals surface area contributed by atoms with Crippen LogP contribution in [0.2, 0.25) is 0 Å². The Labute approximate surface area is 103 Å². The number of carbonyl (C=O) groups excluding carboxylic acids is 1. The Kier molecular flexibility index (Phi) is 4.18. The van der Waals surface area contributed by atoms with Gasteiger partial charge in [-0.05, 0) is 43.4 Å². The highest BCUT2D eigenvalue weighted by molar-refractivity contribution is 5.81. The molecule has 1 saturated carbocycles. The zero-order valence-corrected chi connectivity index (χ0v) is 10.4. The molecule has 1 fully saturated rings. The van der Waals surface area contributed by atoms with Crippen LogP contribution >= 0.6 is 0 Å². The van der Waals surface area contributed by atoms with Crippen LogP contribution in [0.5, 0.6) is 5.75 Å². The molecule has 0 radical (unpaired) electrons. The molecule has 0 heterocycles. The fourth-order valence-electron chi connectivity index (χ4n) is 2.53. The molecule has 0 aliphatic heterocycles. The number of carbonyl (C=O) groups is 1. The third-order valence-corrected chi connectivity index (χ3v) is 3.60. The van der Waals surface area contributed by atoms with Crippen molar-refractivity contribution < 1.29 is 9.53 Å². The number of methoxy groups -OCH3 is 1. The van der Waals surface area contributed by atoms with E-state index >= 15 is 0 Å². The van der Waals surface area contributed by atoms with Crippen molar-refractivity contribution in [2.45, 2.75) is 38.5 Å². The van der Waals surface area contributed by atoms with Crippen LogP contribution < -0.4 is 4.74 Å². The smallest absolute Gasteiger partial charge is 0.135 e. The molecule has 2 nitrogen and oxygen atoms in total. The molecule has 2 heteroatoms. The highest BCUT2D eigenvalue weighted by atomic mass is 16.5. The Morgan fingerprint density at radius 3 is 3.00 bits per heavy atom. The molecule has 0 spiro atoms. The van der Waals surface area contributed by atoms with Crippen LogP contribution in [0, 0.1) is 5.92 Å². The molecule has 17 heavy (non-hydrogen) atoms. The molecule has 1 aliphatic carbocycles. The van der Waals surface area contributed by atoms with Crippen LogP contribution in [0.3, 0.4) is 0 Å². The van der Waals surface area contributed by atoms with Gasteiger partial charge in [-0.3, -0.25) is 4.79 Å². The van der Waals surface area contributed by atoms with Crippen LogP contribution in [0.4, 0.5) is 0 Å². The van der Waals surface area contributed by atoms with Gasteiger partial charge in [0.05, 0.1) is 7.11 Å². The van der Waals surface area contributed by atoms with Crippen molar-refractivity contribution in [2.24, 2.45) is 5.92 Å². The average Bonchev–Trinajstić information content (AvgIpc) is 2.38. The second kappa shape index (κ2) is 5.85. The van der Waals surface area contributed by atoms with Crippen LogP contribution in [0.25, 0.3) is 0 Å². The van der Waals surface area contributed by atoms with Gasteiger partial charge in [0.25, 0.3) is 0 Å². The van der Waals surface area contributed by atoms with E-state index in [2.05, 4.69) is 12.1 Å². The first kappa shape index (κ1) is 12.2. The van der Waals surface area contributed by atoms with E-state index in [1.165, 1.54) is 12.0 Å². The lowest BCUT2D eigenvalue weighted by atomic mass is 9.84. The van der Waals surface area contributed by atoms with E-state index in [4.69, 9.17) is 4.74 Å². The summed E-state index contributed by atoms with van der Waals surface area (Å²) in [6, 6.07) is 8.13. The lowest BCUT2D eigenvalue weighted by molar-refractivity contribution is -0.124. The van der Waals surface area contributed by atoms with Crippen molar-refractivity contribution in [3.8, 4) is 5.75 Å². The Hall–Kier alpha value is -1.31. The molecule has 1 unspecified atom stereocenters. The molecular formula is C15H20O2. The first-order chi connectivity index (χ1) is 8.29. The summed E-state index contributed by atoms with van der Waals surface area (Å²) in [5.41, 5.74) is 1.27. The van der Waals surface area contributed by atoms with Crippen molar-refractivity contribution in [1.29, 1.82) is 0 Å². The molecule has 0 bridgehead atoms. The van der Waals surface area contributed by atoms with Gasteiger partial charge in [0.1, 0.15) is 11.5 Å². The lowest BCUT2D eigenvalue weighted by Gasteiger charge is -2.20. The van der Waals surface area contributed by atoms with Crippen molar-refractivity contribution >= 4 is 5.78 Å². The van der Waals surface area contributed by atoms with Crippen LogP contribution in [0.1, 0.15) is 37.7 Å². The number of ketones is 1. The Balaban J connectivity index is 1.90. The second-order valence-corrected chi connectivity index (χ2v) is 4.80. The van der Waals surface area contributed by atoms with Gasteiger partial charge in [-0.1, -0.05) is 18.6 Å². The summed E-state index contributed by atoms with van der Waals surface area (Å²) in [5.74, 6) is 1.67. The van der Waals surface area contributed by atoms with E-state index in [1.807, 2.05) is 12.1 Å². The van der Waals surface area contributed by atoms with E-state index in [0.717, 1.165) is 37.9 Å². The van der Waals surface area contributed by atoms with E-state index in [-0.39, 0.29) is 0 Å². The summed E-state index contributed by atoms with van der Waals surface area (Å²) >= 11 is 0. The molecule has 1 atom stereocenters. The lowest BCUT2D eigenvalue weighted by Crippen LogP contribution is -2.19. The topological polar surface area (TPSA) is 26.3 Å². The number of hydrogen-bond acceptors (Lipinski definition) is 2. The largest absolute Gasteiger partial charge is 0.497 e. The predicted molar refractivity (Wildman–Crippen MR) is 68.3 cm³/mol. The molecule has 2 rings (SSSR count). The minimum absolute atomic E-state index is 0.301. The molecular weight excluding hydrogens is 212 g/mol. The number of aryl methyl sites for hydroxylation is 1. The number of Topliss-reactive ketones (excluding diaryl/α,β-unsaturated/α-hetero) is 1. The number of rotatable bonds is 4. The van der Waals surface area contributed by atoms with E-state index in [0.29, 0.717) is 11.7 Å². The maximum atomic E-state index is 11.7. The van der Waals surface area contributed by atoms with E-state index < -0.39 is 0 Å². The maximum Gasteiger partial charge on any atom is 0.135 e. The first-order valence-electron chi connectivity index (χ1n) is 6.45. The normalized spacial score (nSPS) is 20.3. The molecule has 1 aromatic carbocycles. The zero-order valence-electron chi connectivity index (χ0n) is 10.4. The number of hydrogen-bond donors (Lipinski definition) is 0. The van der Waals surface area contributed by atoms with Crippen LogP contribution in [0.15, 0.2) is 24.3 Å². The predicted octanol–water partition coefficient (Wildman–Crippen LogP) is 3.39. The average molecular weight is 232 g/mol. The summed E-state index contributed by atoms with van der Waals surface area (Å²) in [6.07, 6.45) is 6.16. The molecule has 0 saturated heterocycles. The second-order valence-electron chi connectivity index (χ2n) is 4.80. The van der Waals surface area contributed by atoms with Crippen molar-refractivity contribution in [3.05, 3.63) is 29.8 Å². The van der Waals surface area contributed by atoms with Gasteiger partial charge in [0.15, 0.2) is 0 Å². The number of ether oxygens (including phenoxy) is 1. The first-order valence-corrected chi connectivity index (χ1v) is 6.45. The summed E-state index contributed by atoms with van der Waals surface area (Å²) < 4.78 is 5.20. The fourth-order valence-corrected chi connectivity index (χ4v) is 2.53. The van der Waals surface area contributed by atoms with Crippen molar-refractivity contribution in [2.75, 3.05) is 7.11 Å². The van der Waals surface area contributed by atoms with Gasteiger partial charge < -0.3 is 4.74 Å². The number of benzene rings is 1. The summed E-state index contributed by atoms with van der Waals surface area (Å²) in [6.45, 7) is 0. The van der Waals surface area contributed by atoms with Crippen LogP contribution in [-0.2, 0) is 11.2 Å². The molecule has 1 aromatic rings. The Morgan fingerprint density at radius 2 is 2.24 bits per heavy atom. The fraction of sp³-hybridized carbons (Fsp3) is 0.533. The highest BCUT2D eigenvalue weighted by Crippen LogP contribution is 2.25. The third-order valence-electron chi connectivity index (χ3n) is 3.60. The molecule has 92 valence electrons. The minimum atomic E-state index is 0.301. The molecule has 0 amide bonds. The van der Waals surface area contributed by atoms with E-state index in [1.54, 1.807) is 7.11 Å². The van der Waals surface area contributed by atoms with Gasteiger partial charge in [-0.2, -0.15) is 0 Å². The van der Waals surface area contributed by atoms with Gasteiger partial charge in [0.2, 0.25) is 0 Å². The van der Waals surface area contributed by atoms with Gasteiger partial charge in [0, 0.05) is 12.3 Å². The quantitative estimate of drug-likeness (QED) is 0.795. The van der Waals surface area contributed by atoms with E-state index in [9.17, 15) is 4.79 Å². The maximum absolute atomic E-state index is 11.7. The monoisotopic (exact) mass is 232 g/mol. The van der Waals surface area contributed by atoms with Gasteiger partial charge in [-0.25, -0.2) is 0 Å². The zero-order chi connectivity index (χ0) is 12.1.